The molecule has 0 saturated heterocycles. The topological polar surface area (TPSA) is 120 Å². The molecule has 2 aliphatic rings. The highest BCUT2D eigenvalue weighted by Gasteiger charge is 2.32. The summed E-state index contributed by atoms with van der Waals surface area (Å²) in [5.41, 5.74) is 10.5. The number of sulfonamides is 1. The zero-order valence-corrected chi connectivity index (χ0v) is 18.1. The third kappa shape index (κ3) is 4.27. The minimum Gasteiger partial charge on any atom is -0.489 e. The van der Waals surface area contributed by atoms with E-state index in [0.717, 1.165) is 48.0 Å². The molecule has 0 radical (unpaired) electrons. The fraction of sp³-hybridized carbons (Fsp3) is 0.429. The summed E-state index contributed by atoms with van der Waals surface area (Å²) in [7, 11) is -3.26. The Morgan fingerprint density at radius 2 is 2.10 bits per heavy atom. The lowest BCUT2D eigenvalue weighted by Gasteiger charge is -2.19. The number of nitrogen functional groups attached to an aromatic ring is 1. The van der Waals surface area contributed by atoms with E-state index in [2.05, 4.69) is 20.9 Å². The zero-order chi connectivity index (χ0) is 21.5. The van der Waals surface area contributed by atoms with Gasteiger partial charge >= 0.3 is 0 Å². The maximum Gasteiger partial charge on any atom is 0.258 e. The molecule has 0 bridgehead atoms. The van der Waals surface area contributed by atoms with Crippen LogP contribution in [-0.2, 0) is 10.0 Å². The van der Waals surface area contributed by atoms with Crippen molar-refractivity contribution in [2.75, 3.05) is 12.0 Å². The van der Waals surface area contributed by atoms with Crippen LogP contribution in [0.25, 0.3) is 17.0 Å². The summed E-state index contributed by atoms with van der Waals surface area (Å²) in [6, 6.07) is 5.25. The lowest BCUT2D eigenvalue weighted by Crippen LogP contribution is -2.33. The fourth-order valence-corrected chi connectivity index (χ4v) is 4.85. The van der Waals surface area contributed by atoms with Gasteiger partial charge in [-0.2, -0.15) is 4.98 Å². The van der Waals surface area contributed by atoms with Crippen molar-refractivity contribution in [2.45, 2.75) is 51.7 Å². The molecule has 1 aromatic heterocycles. The van der Waals surface area contributed by atoms with Crippen LogP contribution in [0.4, 0.5) is 5.69 Å². The molecule has 1 aromatic carbocycles. The molecule has 30 heavy (non-hydrogen) atoms. The molecule has 0 amide bonds. The van der Waals surface area contributed by atoms with Crippen molar-refractivity contribution < 1.29 is 17.7 Å². The van der Waals surface area contributed by atoms with Gasteiger partial charge in [0.15, 0.2) is 0 Å². The Morgan fingerprint density at radius 3 is 2.80 bits per heavy atom. The van der Waals surface area contributed by atoms with E-state index in [0.29, 0.717) is 23.2 Å². The van der Waals surface area contributed by atoms with Crippen molar-refractivity contribution in [3.8, 4) is 17.2 Å². The van der Waals surface area contributed by atoms with E-state index >= 15 is 0 Å². The number of allylic oxidation sites excluding steroid dienone is 3. The van der Waals surface area contributed by atoms with E-state index in [1.807, 2.05) is 19.9 Å². The van der Waals surface area contributed by atoms with E-state index in [1.54, 1.807) is 12.1 Å². The molecule has 1 heterocycles. The highest BCUT2D eigenvalue weighted by atomic mass is 32.2. The molecule has 4 rings (SSSR count). The fourth-order valence-electron chi connectivity index (χ4n) is 4.07. The van der Waals surface area contributed by atoms with Gasteiger partial charge in [-0.15, -0.1) is 0 Å². The van der Waals surface area contributed by atoms with Gasteiger partial charge in [0, 0.05) is 17.2 Å². The summed E-state index contributed by atoms with van der Waals surface area (Å²) in [5, 5.41) is 4.18. The first-order chi connectivity index (χ1) is 14.2. The molecule has 2 aliphatic carbocycles. The van der Waals surface area contributed by atoms with Crippen LogP contribution in [0.3, 0.4) is 0 Å². The first-order valence-electron chi connectivity index (χ1n) is 10.0. The number of rotatable bonds is 6. The van der Waals surface area contributed by atoms with Crippen LogP contribution in [-0.4, -0.2) is 37.0 Å². The Morgan fingerprint density at radius 1 is 1.30 bits per heavy atom. The second-order valence-corrected chi connectivity index (χ2v) is 9.76. The zero-order valence-electron chi connectivity index (χ0n) is 17.3. The van der Waals surface area contributed by atoms with Gasteiger partial charge in [-0.05, 0) is 68.9 Å². The molecule has 0 unspecified atom stereocenters. The maximum atomic E-state index is 11.7. The van der Waals surface area contributed by atoms with Crippen LogP contribution in [0.1, 0.15) is 45.4 Å². The third-order valence-electron chi connectivity index (χ3n) is 5.22. The molecular formula is C21H26N4O4S. The molecule has 0 aliphatic heterocycles. The number of nitrogens with one attached hydrogen (secondary N) is 1. The summed E-state index contributed by atoms with van der Waals surface area (Å²) in [4.78, 5) is 4.58. The van der Waals surface area contributed by atoms with E-state index in [-0.39, 0.29) is 12.1 Å². The molecule has 0 fully saturated rings. The Kier molecular flexibility index (Phi) is 5.42. The number of benzene rings is 1. The Hall–Kier alpha value is -2.65. The van der Waals surface area contributed by atoms with Gasteiger partial charge in [0.1, 0.15) is 5.75 Å². The van der Waals surface area contributed by atoms with Crippen LogP contribution < -0.4 is 15.2 Å². The smallest absolute Gasteiger partial charge is 0.258 e. The van der Waals surface area contributed by atoms with Gasteiger partial charge < -0.3 is 15.0 Å². The van der Waals surface area contributed by atoms with E-state index in [1.165, 1.54) is 6.26 Å². The molecule has 9 heteroatoms. The normalized spacial score (nSPS) is 19.2. The van der Waals surface area contributed by atoms with Crippen molar-refractivity contribution in [3.63, 3.8) is 0 Å². The SMILES string of the molecule is CC(C)Oc1ccc(-c2nc(C3=CCCC4=C3CC[C@@H]4NS(C)(=O)=O)no2)cc1N. The number of hydrogen-bond acceptors (Lipinski definition) is 7. The van der Waals surface area contributed by atoms with Crippen molar-refractivity contribution in [3.05, 3.63) is 41.2 Å². The molecular weight excluding hydrogens is 404 g/mol. The van der Waals surface area contributed by atoms with Crippen molar-refractivity contribution in [2.24, 2.45) is 0 Å². The molecule has 8 nitrogen and oxygen atoms in total. The van der Waals surface area contributed by atoms with Crippen LogP contribution >= 0.6 is 0 Å². The van der Waals surface area contributed by atoms with E-state index in [9.17, 15) is 8.42 Å². The lowest BCUT2D eigenvalue weighted by molar-refractivity contribution is 0.244. The standard InChI is InChI=1S/C21H26N4O4S/c1-12(2)28-19-10-7-13(11-17(19)22)21-23-20(24-29-21)16-6-4-5-15-14(16)8-9-18(15)25-30(3,26)27/h6-7,10-12,18,25H,4-5,8-9,22H2,1-3H3/t18-/m0/s1. The second kappa shape index (κ2) is 7.88. The van der Waals surface area contributed by atoms with Gasteiger partial charge in [-0.25, -0.2) is 13.1 Å². The summed E-state index contributed by atoms with van der Waals surface area (Å²) < 4.78 is 37.3. The Bertz CT molecular complexity index is 1130. The number of anilines is 1. The van der Waals surface area contributed by atoms with E-state index < -0.39 is 10.0 Å². The number of hydrogen-bond donors (Lipinski definition) is 2. The van der Waals surface area contributed by atoms with Crippen LogP contribution in [0.15, 0.2) is 39.9 Å². The maximum absolute atomic E-state index is 11.7. The molecule has 1 atom stereocenters. The van der Waals surface area contributed by atoms with Gasteiger partial charge in [0.05, 0.1) is 18.0 Å². The van der Waals surface area contributed by atoms with Gasteiger partial charge in [-0.3, -0.25) is 0 Å². The molecule has 0 saturated carbocycles. The van der Waals surface area contributed by atoms with Gasteiger partial charge in [0.2, 0.25) is 15.8 Å². The Balaban J connectivity index is 1.59. The number of nitrogens with zero attached hydrogens (tertiary/aromatic N) is 2. The minimum absolute atomic E-state index is 0.0290. The first kappa shape index (κ1) is 20.6. The Labute approximate surface area is 176 Å². The number of nitrogens with two attached hydrogens (primary N) is 1. The highest BCUT2D eigenvalue weighted by molar-refractivity contribution is 7.88. The van der Waals surface area contributed by atoms with Crippen molar-refractivity contribution >= 4 is 21.3 Å². The number of ether oxygens (including phenoxy) is 1. The largest absolute Gasteiger partial charge is 0.489 e. The second-order valence-electron chi connectivity index (χ2n) is 7.98. The number of aromatic nitrogens is 2. The van der Waals surface area contributed by atoms with Crippen molar-refractivity contribution in [1.29, 1.82) is 0 Å². The monoisotopic (exact) mass is 430 g/mol. The quantitative estimate of drug-likeness (QED) is 0.675. The van der Waals surface area contributed by atoms with Gasteiger partial charge in [0.25, 0.3) is 5.89 Å². The molecule has 0 spiro atoms. The lowest BCUT2D eigenvalue weighted by atomic mass is 9.91. The van der Waals surface area contributed by atoms with Crippen LogP contribution in [0.5, 0.6) is 5.75 Å². The average Bonchev–Trinajstić information content (AvgIpc) is 3.29. The molecule has 2 aromatic rings. The van der Waals surface area contributed by atoms with Gasteiger partial charge in [-0.1, -0.05) is 11.2 Å². The predicted molar refractivity (Wildman–Crippen MR) is 115 cm³/mol. The first-order valence-corrected chi connectivity index (χ1v) is 11.9. The summed E-state index contributed by atoms with van der Waals surface area (Å²) >= 11 is 0. The molecule has 160 valence electrons. The summed E-state index contributed by atoms with van der Waals surface area (Å²) in [6.45, 7) is 3.88. The van der Waals surface area contributed by atoms with Crippen LogP contribution in [0, 0.1) is 0 Å². The van der Waals surface area contributed by atoms with E-state index in [4.69, 9.17) is 15.0 Å². The van der Waals surface area contributed by atoms with Crippen LogP contribution in [0.2, 0.25) is 0 Å². The van der Waals surface area contributed by atoms with Crippen molar-refractivity contribution in [1.82, 2.24) is 14.9 Å². The summed E-state index contributed by atoms with van der Waals surface area (Å²) in [6.07, 6.45) is 6.50. The summed E-state index contributed by atoms with van der Waals surface area (Å²) in [5.74, 6) is 1.51. The third-order valence-corrected chi connectivity index (χ3v) is 5.93. The minimum atomic E-state index is -3.26. The predicted octanol–water partition coefficient (Wildman–Crippen LogP) is 3.29. The highest BCUT2D eigenvalue weighted by Crippen LogP contribution is 2.42. The molecule has 3 N–H and O–H groups in total. The average molecular weight is 431 g/mol.